The summed E-state index contributed by atoms with van der Waals surface area (Å²) < 4.78 is 48.4. The van der Waals surface area contributed by atoms with Gasteiger partial charge in [-0.05, 0) is 73.2 Å². The van der Waals surface area contributed by atoms with Gasteiger partial charge >= 0.3 is 42.0 Å². The van der Waals surface area contributed by atoms with Gasteiger partial charge in [-0.1, -0.05) is 44.2 Å². The zero-order chi connectivity index (χ0) is 46.9. The van der Waals surface area contributed by atoms with Crippen LogP contribution in [0.4, 0.5) is 4.79 Å². The molecule has 0 aromatic heterocycles. The van der Waals surface area contributed by atoms with Crippen LogP contribution in [-0.4, -0.2) is 87.9 Å². The van der Waals surface area contributed by atoms with E-state index < -0.39 is 58.6 Å². The molecule has 17 nitrogen and oxygen atoms in total. The van der Waals surface area contributed by atoms with Gasteiger partial charge in [0.25, 0.3) is 0 Å². The highest BCUT2D eigenvalue weighted by Gasteiger charge is 2.37. The second-order valence-corrected chi connectivity index (χ2v) is 14.9. The molecule has 0 radical (unpaired) electrons. The van der Waals surface area contributed by atoms with Gasteiger partial charge in [-0.2, -0.15) is 0 Å². The Kier molecular flexibility index (Phi) is 17.8. The van der Waals surface area contributed by atoms with Crippen molar-refractivity contribution in [3.63, 3.8) is 0 Å². The van der Waals surface area contributed by atoms with E-state index in [1.807, 2.05) is 0 Å². The summed E-state index contributed by atoms with van der Waals surface area (Å²) in [7, 11) is 1.13. The number of hydrogen-bond donors (Lipinski definition) is 0. The van der Waals surface area contributed by atoms with Crippen molar-refractivity contribution in [1.82, 2.24) is 0 Å². The van der Waals surface area contributed by atoms with Gasteiger partial charge in [0.05, 0.1) is 49.0 Å². The first kappa shape index (κ1) is 49.3. The van der Waals surface area contributed by atoms with E-state index in [0.29, 0.717) is 0 Å². The number of ketones is 1. The zero-order valence-corrected chi connectivity index (χ0v) is 36.1. The topological polar surface area (TPSA) is 220 Å². The molecule has 338 valence electrons. The van der Waals surface area contributed by atoms with E-state index in [2.05, 4.69) is 4.74 Å². The number of hydrogen-bond acceptors (Lipinski definition) is 17. The van der Waals surface area contributed by atoms with Gasteiger partial charge in [0.1, 0.15) is 36.2 Å². The number of methoxy groups -OCH3 is 1. The molecular formula is C47H48O17. The minimum absolute atomic E-state index is 0.0149. The van der Waals surface area contributed by atoms with Crippen LogP contribution < -0.4 is 18.9 Å². The Bertz CT molecular complexity index is 2350. The lowest BCUT2D eigenvalue weighted by Crippen LogP contribution is -2.40. The maximum absolute atomic E-state index is 13.8. The Morgan fingerprint density at radius 2 is 0.859 bits per heavy atom. The predicted molar refractivity (Wildman–Crippen MR) is 224 cm³/mol. The standard InChI is InChI=1S/C47H48O17/c1-7-47(28-59-43(53)35-14-10-18-39(22-35)63-32(4)50,29-60-44(54)36-15-11-19-40(23-36)64-45(55)56-6)27-57-25-46(5,24-41(51)33-12-8-16-37(20-33)61-30(2)48)26-58-42(52)34-13-9-17-38(21-34)62-31(3)49/h8-23H,7,24-29H2,1-6H3. The molecule has 4 aromatic carbocycles. The minimum Gasteiger partial charge on any atom is -0.461 e. The van der Waals surface area contributed by atoms with Crippen molar-refractivity contribution in [2.45, 2.75) is 47.5 Å². The highest BCUT2D eigenvalue weighted by Crippen LogP contribution is 2.31. The highest BCUT2D eigenvalue weighted by molar-refractivity contribution is 5.97. The largest absolute Gasteiger partial charge is 0.513 e. The SMILES string of the molecule is CCC(COCC(C)(COC(=O)c1cccc(OC(C)=O)c1)CC(=O)c1cccc(OC(C)=O)c1)(COC(=O)c1cccc(OC(C)=O)c1)COC(=O)c1cccc(OC(=O)OC)c1. The molecule has 2 unspecified atom stereocenters. The van der Waals surface area contributed by atoms with Gasteiger partial charge < -0.3 is 42.6 Å². The van der Waals surface area contributed by atoms with Gasteiger partial charge in [0.2, 0.25) is 0 Å². The molecular weight excluding hydrogens is 836 g/mol. The molecule has 4 aromatic rings. The van der Waals surface area contributed by atoms with Gasteiger partial charge in [-0.3, -0.25) is 19.2 Å². The lowest BCUT2D eigenvalue weighted by atomic mass is 9.84. The number of rotatable bonds is 21. The lowest BCUT2D eigenvalue weighted by molar-refractivity contribution is -0.132. The average Bonchev–Trinajstić information content (AvgIpc) is 3.25. The number of Topliss-reactive ketones (excluding diaryl/α,β-unsaturated/α-hetero) is 1. The second kappa shape index (κ2) is 23.2. The van der Waals surface area contributed by atoms with Crippen molar-refractivity contribution in [2.24, 2.45) is 10.8 Å². The van der Waals surface area contributed by atoms with Crippen molar-refractivity contribution in [1.29, 1.82) is 0 Å². The summed E-state index contributed by atoms with van der Waals surface area (Å²) in [5.41, 5.74) is -2.11. The molecule has 0 saturated carbocycles. The van der Waals surface area contributed by atoms with Crippen LogP contribution in [0.25, 0.3) is 0 Å². The maximum Gasteiger partial charge on any atom is 0.513 e. The summed E-state index contributed by atoms with van der Waals surface area (Å²) >= 11 is 0. The van der Waals surface area contributed by atoms with Crippen LogP contribution in [0.15, 0.2) is 97.1 Å². The molecule has 0 amide bonds. The van der Waals surface area contributed by atoms with E-state index in [0.717, 1.165) is 7.11 Å². The lowest BCUT2D eigenvalue weighted by Gasteiger charge is -2.34. The molecule has 0 aliphatic rings. The number of benzene rings is 4. The Labute approximate surface area is 368 Å². The predicted octanol–water partition coefficient (Wildman–Crippen LogP) is 7.17. The van der Waals surface area contributed by atoms with Gasteiger partial charge in [-0.25, -0.2) is 19.2 Å². The molecule has 2 atom stereocenters. The number of carbonyl (C=O) groups excluding carboxylic acids is 8. The Morgan fingerprint density at radius 3 is 1.25 bits per heavy atom. The van der Waals surface area contributed by atoms with Gasteiger partial charge in [-0.15, -0.1) is 0 Å². The zero-order valence-electron chi connectivity index (χ0n) is 36.1. The van der Waals surface area contributed by atoms with E-state index in [4.69, 9.17) is 37.9 Å². The molecule has 4 rings (SSSR count). The number of carbonyl (C=O) groups is 8. The first-order valence-electron chi connectivity index (χ1n) is 19.8. The van der Waals surface area contributed by atoms with E-state index in [1.54, 1.807) is 19.9 Å². The molecule has 0 heterocycles. The third-order valence-electron chi connectivity index (χ3n) is 9.28. The van der Waals surface area contributed by atoms with Crippen LogP contribution in [0, 0.1) is 10.8 Å². The minimum atomic E-state index is -1.23. The normalized spacial score (nSPS) is 12.5. The summed E-state index contributed by atoms with van der Waals surface area (Å²) in [6.07, 6.45) is -1.04. The first-order valence-corrected chi connectivity index (χ1v) is 19.8. The van der Waals surface area contributed by atoms with Crippen molar-refractivity contribution in [3.8, 4) is 23.0 Å². The summed E-state index contributed by atoms with van der Waals surface area (Å²) in [6, 6.07) is 23.2. The Balaban J connectivity index is 1.60. The molecule has 0 aliphatic heterocycles. The highest BCUT2D eigenvalue weighted by atomic mass is 16.7. The second-order valence-electron chi connectivity index (χ2n) is 14.9. The molecule has 64 heavy (non-hydrogen) atoms. The fourth-order valence-corrected chi connectivity index (χ4v) is 5.93. The quantitative estimate of drug-likeness (QED) is 0.0266. The molecule has 0 bridgehead atoms. The van der Waals surface area contributed by atoms with Crippen LogP contribution in [0.2, 0.25) is 0 Å². The average molecular weight is 885 g/mol. The Hall–Kier alpha value is -7.40. The van der Waals surface area contributed by atoms with Crippen molar-refractivity contribution >= 4 is 47.8 Å². The molecule has 17 heteroatoms. The van der Waals surface area contributed by atoms with E-state index >= 15 is 0 Å². The number of ether oxygens (including phenoxy) is 9. The summed E-state index contributed by atoms with van der Waals surface area (Å²) in [5.74, 6) is -4.18. The molecule has 0 aliphatic carbocycles. The van der Waals surface area contributed by atoms with Gasteiger partial charge in [0, 0.05) is 38.2 Å². The molecule has 0 spiro atoms. The maximum atomic E-state index is 13.8. The Morgan fingerprint density at radius 1 is 0.484 bits per heavy atom. The molecule has 0 saturated heterocycles. The van der Waals surface area contributed by atoms with Crippen molar-refractivity contribution in [3.05, 3.63) is 119 Å². The van der Waals surface area contributed by atoms with Crippen LogP contribution in [-0.2, 0) is 38.1 Å². The first-order chi connectivity index (χ1) is 30.4. The summed E-state index contributed by atoms with van der Waals surface area (Å²) in [4.78, 5) is 100. The van der Waals surface area contributed by atoms with Gasteiger partial charge in [0.15, 0.2) is 5.78 Å². The molecule has 0 N–H and O–H groups in total. The van der Waals surface area contributed by atoms with E-state index in [9.17, 15) is 38.4 Å². The summed E-state index contributed by atoms with van der Waals surface area (Å²) in [5, 5.41) is 0. The van der Waals surface area contributed by atoms with Crippen LogP contribution in [0.3, 0.4) is 0 Å². The third-order valence-corrected chi connectivity index (χ3v) is 9.28. The third kappa shape index (κ3) is 15.5. The fourth-order valence-electron chi connectivity index (χ4n) is 5.93. The van der Waals surface area contributed by atoms with E-state index in [1.165, 1.54) is 112 Å². The molecule has 0 fully saturated rings. The number of esters is 6. The van der Waals surface area contributed by atoms with E-state index in [-0.39, 0.29) is 91.1 Å². The van der Waals surface area contributed by atoms with Crippen molar-refractivity contribution < 1.29 is 81.0 Å². The van der Waals surface area contributed by atoms with Crippen LogP contribution in [0.5, 0.6) is 23.0 Å². The summed E-state index contributed by atoms with van der Waals surface area (Å²) in [6.45, 7) is 5.51. The monoisotopic (exact) mass is 884 g/mol. The fraction of sp³-hybridized carbons (Fsp3) is 0.319. The van der Waals surface area contributed by atoms with Crippen LogP contribution in [0.1, 0.15) is 88.9 Å². The smallest absolute Gasteiger partial charge is 0.461 e. The van der Waals surface area contributed by atoms with Crippen molar-refractivity contribution in [2.75, 3.05) is 40.1 Å². The van der Waals surface area contributed by atoms with Crippen LogP contribution >= 0.6 is 0 Å².